The number of aromatic nitrogens is 1. The van der Waals surface area contributed by atoms with E-state index >= 15 is 0 Å². The van der Waals surface area contributed by atoms with Crippen LogP contribution in [0.15, 0.2) is 35.2 Å². The lowest BCUT2D eigenvalue weighted by atomic mass is 9.88. The van der Waals surface area contributed by atoms with E-state index in [-0.39, 0.29) is 16.4 Å². The predicted octanol–water partition coefficient (Wildman–Crippen LogP) is 4.06. The zero-order chi connectivity index (χ0) is 19.3. The maximum Gasteiger partial charge on any atom is 0.250 e. The molecule has 0 bridgehead atoms. The number of carbonyl (C=O) groups is 1. The van der Waals surface area contributed by atoms with Crippen LogP contribution in [0.3, 0.4) is 0 Å². The molecule has 2 unspecified atom stereocenters. The zero-order valence-electron chi connectivity index (χ0n) is 15.2. The number of hydrogen-bond acceptors (Lipinski definition) is 4. The number of primary amides is 1. The number of nitrogens with one attached hydrogen (secondary N) is 1. The average Bonchev–Trinajstić information content (AvgIpc) is 3.28. The molecule has 27 heavy (non-hydrogen) atoms. The van der Waals surface area contributed by atoms with Crippen LogP contribution in [0.2, 0.25) is 0 Å². The maximum atomic E-state index is 12.4. The molecular weight excluding hydrogens is 380 g/mol. The summed E-state index contributed by atoms with van der Waals surface area (Å²) in [5.41, 5.74) is 9.88. The lowest BCUT2D eigenvalue weighted by Gasteiger charge is -2.31. The molecule has 7 heteroatoms. The van der Waals surface area contributed by atoms with E-state index in [4.69, 9.17) is 5.73 Å². The minimum Gasteiger partial charge on any atom is -0.366 e. The summed E-state index contributed by atoms with van der Waals surface area (Å²) in [6.45, 7) is 3.58. The number of hydrogen-bond donors (Lipinski definition) is 2. The third kappa shape index (κ3) is 2.99. The number of sulfone groups is 1. The number of nitrogens with two attached hydrogens (primary N) is 1. The molecule has 1 aliphatic rings. The summed E-state index contributed by atoms with van der Waals surface area (Å²) in [7, 11) is -3.07. The Labute approximate surface area is 162 Å². The normalized spacial score (nSPS) is 24.9. The standard InChI is InChI=1S/C20H22N2O3S2/c1-11-5-15(6-12(2)27(11,24)25)18-9-22-19-16(18)7-14(8-17(19)20(21)23)13-3-4-26-10-13/h3-4,7-12,15,22H,5-6H2,1-2H3,(H2,21,23). The topological polar surface area (TPSA) is 93.0 Å². The number of H-pyrrole nitrogens is 1. The molecule has 3 heterocycles. The van der Waals surface area contributed by atoms with Gasteiger partial charge in [-0.2, -0.15) is 11.3 Å². The molecule has 0 aliphatic carbocycles. The quantitative estimate of drug-likeness (QED) is 0.692. The fourth-order valence-electron chi connectivity index (χ4n) is 4.20. The van der Waals surface area contributed by atoms with Crippen molar-refractivity contribution in [3.63, 3.8) is 0 Å². The van der Waals surface area contributed by atoms with Crippen molar-refractivity contribution in [3.8, 4) is 11.1 Å². The summed E-state index contributed by atoms with van der Waals surface area (Å²) >= 11 is 1.60. The number of rotatable bonds is 3. The molecule has 1 saturated heterocycles. The monoisotopic (exact) mass is 402 g/mol. The van der Waals surface area contributed by atoms with Gasteiger partial charge in [-0.25, -0.2) is 8.42 Å². The summed E-state index contributed by atoms with van der Waals surface area (Å²) in [5.74, 6) is -0.343. The van der Waals surface area contributed by atoms with E-state index in [0.29, 0.717) is 18.4 Å². The zero-order valence-corrected chi connectivity index (χ0v) is 16.9. The van der Waals surface area contributed by atoms with Gasteiger partial charge in [-0.15, -0.1) is 0 Å². The van der Waals surface area contributed by atoms with Gasteiger partial charge in [0.05, 0.1) is 21.6 Å². The van der Waals surface area contributed by atoms with Crippen molar-refractivity contribution in [1.82, 2.24) is 4.98 Å². The van der Waals surface area contributed by atoms with Gasteiger partial charge in [0, 0.05) is 11.6 Å². The Balaban J connectivity index is 1.86. The molecule has 4 rings (SSSR count). The van der Waals surface area contributed by atoms with Crippen molar-refractivity contribution >= 4 is 38.0 Å². The number of benzene rings is 1. The van der Waals surface area contributed by atoms with E-state index in [1.54, 1.807) is 25.2 Å². The molecule has 3 aromatic rings. The molecule has 0 saturated carbocycles. The minimum absolute atomic E-state index is 0.130. The molecule has 1 aromatic carbocycles. The Morgan fingerprint density at radius 1 is 1.19 bits per heavy atom. The van der Waals surface area contributed by atoms with Gasteiger partial charge >= 0.3 is 0 Å². The molecular formula is C20H22N2O3S2. The second-order valence-electron chi connectivity index (χ2n) is 7.45. The van der Waals surface area contributed by atoms with E-state index in [1.165, 1.54) is 0 Å². The highest BCUT2D eigenvalue weighted by Crippen LogP contribution is 2.41. The van der Waals surface area contributed by atoms with Crippen molar-refractivity contribution < 1.29 is 13.2 Å². The molecule has 0 spiro atoms. The minimum atomic E-state index is -3.07. The van der Waals surface area contributed by atoms with Crippen LogP contribution in [-0.2, 0) is 9.84 Å². The van der Waals surface area contributed by atoms with Gasteiger partial charge in [-0.3, -0.25) is 4.79 Å². The highest BCUT2D eigenvalue weighted by atomic mass is 32.2. The van der Waals surface area contributed by atoms with Gasteiger partial charge in [0.2, 0.25) is 0 Å². The smallest absolute Gasteiger partial charge is 0.250 e. The first-order chi connectivity index (χ1) is 12.8. The second-order valence-corrected chi connectivity index (χ2v) is 11.0. The summed E-state index contributed by atoms with van der Waals surface area (Å²) in [6, 6.07) is 5.91. The Bertz CT molecular complexity index is 1100. The van der Waals surface area contributed by atoms with Crippen LogP contribution in [0.25, 0.3) is 22.0 Å². The Morgan fingerprint density at radius 3 is 2.48 bits per heavy atom. The highest BCUT2D eigenvalue weighted by molar-refractivity contribution is 7.92. The molecule has 1 fully saturated rings. The highest BCUT2D eigenvalue weighted by Gasteiger charge is 2.38. The van der Waals surface area contributed by atoms with Crippen LogP contribution in [0.1, 0.15) is 48.5 Å². The maximum absolute atomic E-state index is 12.4. The van der Waals surface area contributed by atoms with Crippen LogP contribution >= 0.6 is 11.3 Å². The van der Waals surface area contributed by atoms with Gasteiger partial charge in [0.1, 0.15) is 0 Å². The fraction of sp³-hybridized carbons (Fsp3) is 0.350. The van der Waals surface area contributed by atoms with Gasteiger partial charge in [-0.1, -0.05) is 0 Å². The Kier molecular flexibility index (Phi) is 4.39. The van der Waals surface area contributed by atoms with Gasteiger partial charge < -0.3 is 10.7 Å². The van der Waals surface area contributed by atoms with Crippen molar-refractivity contribution in [2.45, 2.75) is 43.1 Å². The third-order valence-corrected chi connectivity index (χ3v) is 9.05. The third-order valence-electron chi connectivity index (χ3n) is 5.74. The first-order valence-electron chi connectivity index (χ1n) is 8.99. The summed E-state index contributed by atoms with van der Waals surface area (Å²) < 4.78 is 24.8. The molecule has 2 atom stereocenters. The van der Waals surface area contributed by atoms with Crippen LogP contribution in [0.5, 0.6) is 0 Å². The van der Waals surface area contributed by atoms with Crippen LogP contribution < -0.4 is 5.73 Å². The first kappa shape index (κ1) is 18.3. The van der Waals surface area contributed by atoms with E-state index < -0.39 is 15.7 Å². The summed E-state index contributed by atoms with van der Waals surface area (Å²) in [5, 5.41) is 4.25. The average molecular weight is 403 g/mol. The lowest BCUT2D eigenvalue weighted by Crippen LogP contribution is -2.36. The van der Waals surface area contributed by atoms with Crippen molar-refractivity contribution in [2.75, 3.05) is 0 Å². The number of aromatic amines is 1. The number of fused-ring (bicyclic) bond motifs is 1. The Morgan fingerprint density at radius 2 is 1.89 bits per heavy atom. The fourth-order valence-corrected chi connectivity index (χ4v) is 6.66. The largest absolute Gasteiger partial charge is 0.366 e. The van der Waals surface area contributed by atoms with Crippen molar-refractivity contribution in [1.29, 1.82) is 0 Å². The molecule has 2 aromatic heterocycles. The lowest BCUT2D eigenvalue weighted by molar-refractivity contribution is 0.100. The van der Waals surface area contributed by atoms with E-state index in [2.05, 4.69) is 11.1 Å². The van der Waals surface area contributed by atoms with Gasteiger partial charge in [0.25, 0.3) is 5.91 Å². The van der Waals surface area contributed by atoms with E-state index in [1.807, 2.05) is 29.1 Å². The number of amides is 1. The van der Waals surface area contributed by atoms with Gasteiger partial charge in [-0.05, 0) is 78.3 Å². The molecule has 0 radical (unpaired) electrons. The van der Waals surface area contributed by atoms with Crippen LogP contribution in [-0.4, -0.2) is 29.8 Å². The molecule has 1 amide bonds. The summed E-state index contributed by atoms with van der Waals surface area (Å²) in [4.78, 5) is 15.2. The SMILES string of the molecule is CC1CC(c2c[nH]c3c(C(N)=O)cc(-c4ccsc4)cc23)CC(C)S1(=O)=O. The number of carbonyl (C=O) groups excluding carboxylic acids is 1. The van der Waals surface area contributed by atoms with E-state index in [9.17, 15) is 13.2 Å². The molecule has 5 nitrogen and oxygen atoms in total. The second kappa shape index (κ2) is 6.49. The predicted molar refractivity (Wildman–Crippen MR) is 110 cm³/mol. The van der Waals surface area contributed by atoms with Crippen LogP contribution in [0, 0.1) is 0 Å². The molecule has 3 N–H and O–H groups in total. The Hall–Kier alpha value is -2.12. The molecule has 1 aliphatic heterocycles. The molecule has 142 valence electrons. The van der Waals surface area contributed by atoms with Crippen molar-refractivity contribution in [2.24, 2.45) is 5.73 Å². The van der Waals surface area contributed by atoms with Crippen LogP contribution in [0.4, 0.5) is 0 Å². The van der Waals surface area contributed by atoms with Crippen molar-refractivity contribution in [3.05, 3.63) is 46.3 Å². The number of thiophene rings is 1. The summed E-state index contributed by atoms with van der Waals surface area (Å²) in [6.07, 6.45) is 3.10. The van der Waals surface area contributed by atoms with E-state index in [0.717, 1.165) is 27.6 Å². The first-order valence-corrected chi connectivity index (χ1v) is 11.5. The van der Waals surface area contributed by atoms with Gasteiger partial charge in [0.15, 0.2) is 9.84 Å².